The number of hydrogen-bond donors (Lipinski definition) is 0. The van der Waals surface area contributed by atoms with E-state index in [-0.39, 0.29) is 0 Å². The van der Waals surface area contributed by atoms with Gasteiger partial charge in [-0.25, -0.2) is 4.57 Å². The normalized spacial score (nSPS) is 11.5. The molecule has 0 aliphatic carbocycles. The van der Waals surface area contributed by atoms with E-state index in [9.17, 15) is 0 Å². The first-order chi connectivity index (χ1) is 10.6. The quantitative estimate of drug-likeness (QED) is 0.676. The molecule has 0 aliphatic rings. The van der Waals surface area contributed by atoms with Gasteiger partial charge < -0.3 is 9.30 Å². The molecule has 0 atom stereocenters. The molecule has 0 fully saturated rings. The molecule has 22 heavy (non-hydrogen) atoms. The Morgan fingerprint density at radius 1 is 1.09 bits per heavy atom. The highest BCUT2D eigenvalue weighted by atomic mass is 16.5. The zero-order chi connectivity index (χ0) is 15.7. The number of methoxy groups -OCH3 is 1. The number of aryl methyl sites for hydroxylation is 2. The van der Waals surface area contributed by atoms with Crippen LogP contribution in [0.2, 0.25) is 0 Å². The van der Waals surface area contributed by atoms with Gasteiger partial charge in [-0.1, -0.05) is 12.2 Å². The van der Waals surface area contributed by atoms with Crippen LogP contribution in [0.15, 0.2) is 42.7 Å². The van der Waals surface area contributed by atoms with E-state index in [2.05, 4.69) is 67.3 Å². The fourth-order valence-electron chi connectivity index (χ4n) is 2.72. The number of hydrogen-bond acceptors (Lipinski definition) is 1. The summed E-state index contributed by atoms with van der Waals surface area (Å²) in [6.45, 7) is 2.15. The van der Waals surface area contributed by atoms with Crippen molar-refractivity contribution in [2.75, 3.05) is 7.11 Å². The molecule has 0 bridgehead atoms. The van der Waals surface area contributed by atoms with Crippen LogP contribution in [-0.4, -0.2) is 11.7 Å². The van der Waals surface area contributed by atoms with Gasteiger partial charge in [0.15, 0.2) is 12.4 Å². The molecular formula is C19H21N2O+. The Hall–Kier alpha value is -2.55. The van der Waals surface area contributed by atoms with Crippen molar-refractivity contribution in [1.82, 2.24) is 4.57 Å². The summed E-state index contributed by atoms with van der Waals surface area (Å²) in [6.07, 6.45) is 8.45. The minimum absolute atomic E-state index is 0.888. The Balaban J connectivity index is 2.09. The first kappa shape index (κ1) is 14.4. The molecule has 1 aromatic carbocycles. The van der Waals surface area contributed by atoms with Crippen LogP contribution >= 0.6 is 0 Å². The molecule has 3 rings (SSSR count). The third-order valence-electron chi connectivity index (χ3n) is 4.19. The number of pyridine rings is 1. The molecular weight excluding hydrogens is 272 g/mol. The van der Waals surface area contributed by atoms with Gasteiger partial charge in [-0.15, -0.1) is 0 Å². The minimum atomic E-state index is 0.888. The Morgan fingerprint density at radius 3 is 2.50 bits per heavy atom. The molecule has 2 aromatic heterocycles. The number of nitrogens with zero attached hydrogens (tertiary/aromatic N) is 2. The maximum absolute atomic E-state index is 5.37. The van der Waals surface area contributed by atoms with Crippen molar-refractivity contribution < 1.29 is 9.30 Å². The summed E-state index contributed by atoms with van der Waals surface area (Å²) >= 11 is 0. The summed E-state index contributed by atoms with van der Waals surface area (Å²) in [5.74, 6) is 0.888. The third kappa shape index (κ3) is 2.50. The molecule has 3 nitrogen and oxygen atoms in total. The van der Waals surface area contributed by atoms with Gasteiger partial charge in [-0.05, 0) is 30.7 Å². The van der Waals surface area contributed by atoms with Gasteiger partial charge in [-0.3, -0.25) is 0 Å². The molecule has 0 radical (unpaired) electrons. The lowest BCUT2D eigenvalue weighted by Gasteiger charge is -2.00. The van der Waals surface area contributed by atoms with E-state index >= 15 is 0 Å². The monoisotopic (exact) mass is 293 g/mol. The summed E-state index contributed by atoms with van der Waals surface area (Å²) in [5, 5.41) is 1.22. The van der Waals surface area contributed by atoms with Gasteiger partial charge in [0.05, 0.1) is 7.11 Å². The fraction of sp³-hybridized carbons (Fsp3) is 0.211. The third-order valence-corrected chi connectivity index (χ3v) is 4.19. The summed E-state index contributed by atoms with van der Waals surface area (Å²) < 4.78 is 9.62. The number of benzene rings is 1. The standard InChI is InChI=1S/C19H21N2O/c1-14-17(7-5-15-9-11-20(2)12-10-15)18-13-16(22-4)6-8-19(18)21(14)3/h5-13H,1-4H3/q+1. The molecule has 2 heterocycles. The number of aromatic nitrogens is 2. The van der Waals surface area contributed by atoms with Gasteiger partial charge in [0, 0.05) is 41.3 Å². The van der Waals surface area contributed by atoms with Gasteiger partial charge in [0.25, 0.3) is 0 Å². The van der Waals surface area contributed by atoms with Crippen molar-refractivity contribution in [3.05, 3.63) is 59.5 Å². The second-order valence-corrected chi connectivity index (χ2v) is 5.57. The largest absolute Gasteiger partial charge is 0.497 e. The predicted molar refractivity (Wildman–Crippen MR) is 90.8 cm³/mol. The maximum atomic E-state index is 5.37. The fourth-order valence-corrected chi connectivity index (χ4v) is 2.72. The molecule has 3 aromatic rings. The van der Waals surface area contributed by atoms with E-state index in [1.807, 2.05) is 17.7 Å². The molecule has 0 saturated carbocycles. The van der Waals surface area contributed by atoms with E-state index in [1.165, 1.54) is 27.7 Å². The lowest BCUT2D eigenvalue weighted by molar-refractivity contribution is -0.671. The Morgan fingerprint density at radius 2 is 1.82 bits per heavy atom. The SMILES string of the molecule is COc1ccc2c(c1)c(/C=C/c1cc[n+](C)cc1)c(C)n2C. The maximum Gasteiger partial charge on any atom is 0.169 e. The number of rotatable bonds is 3. The highest BCUT2D eigenvalue weighted by molar-refractivity contribution is 5.94. The Bertz CT molecular complexity index is 842. The molecule has 112 valence electrons. The van der Waals surface area contributed by atoms with Crippen molar-refractivity contribution in [3.8, 4) is 5.75 Å². The summed E-state index contributed by atoms with van der Waals surface area (Å²) in [7, 11) is 5.83. The summed E-state index contributed by atoms with van der Waals surface area (Å²) in [4.78, 5) is 0. The van der Waals surface area contributed by atoms with E-state index < -0.39 is 0 Å². The van der Waals surface area contributed by atoms with Crippen LogP contribution in [0.25, 0.3) is 23.1 Å². The van der Waals surface area contributed by atoms with E-state index in [4.69, 9.17) is 4.74 Å². The Kier molecular flexibility index (Phi) is 3.72. The molecule has 0 N–H and O–H groups in total. The van der Waals surface area contributed by atoms with Crippen molar-refractivity contribution in [1.29, 1.82) is 0 Å². The molecule has 0 amide bonds. The van der Waals surface area contributed by atoms with Gasteiger partial charge >= 0.3 is 0 Å². The lowest BCUT2D eigenvalue weighted by atomic mass is 10.1. The first-order valence-electron chi connectivity index (χ1n) is 7.36. The van der Waals surface area contributed by atoms with Crippen LogP contribution in [-0.2, 0) is 14.1 Å². The smallest absolute Gasteiger partial charge is 0.169 e. The van der Waals surface area contributed by atoms with Gasteiger partial charge in [0.2, 0.25) is 0 Å². The average Bonchev–Trinajstić information content (AvgIpc) is 2.78. The van der Waals surface area contributed by atoms with Gasteiger partial charge in [-0.2, -0.15) is 0 Å². The minimum Gasteiger partial charge on any atom is -0.497 e. The first-order valence-corrected chi connectivity index (χ1v) is 7.36. The summed E-state index contributed by atoms with van der Waals surface area (Å²) in [6, 6.07) is 10.4. The zero-order valence-electron chi connectivity index (χ0n) is 13.5. The molecule has 3 heteroatoms. The molecule has 0 unspecified atom stereocenters. The van der Waals surface area contributed by atoms with E-state index in [1.54, 1.807) is 7.11 Å². The van der Waals surface area contributed by atoms with Crippen molar-refractivity contribution >= 4 is 23.1 Å². The average molecular weight is 293 g/mol. The van der Waals surface area contributed by atoms with Crippen LogP contribution in [0.3, 0.4) is 0 Å². The van der Waals surface area contributed by atoms with Crippen LogP contribution in [0.1, 0.15) is 16.8 Å². The van der Waals surface area contributed by atoms with Crippen molar-refractivity contribution in [3.63, 3.8) is 0 Å². The second kappa shape index (κ2) is 5.68. The highest BCUT2D eigenvalue weighted by Crippen LogP contribution is 2.29. The molecule has 0 aliphatic heterocycles. The van der Waals surface area contributed by atoms with E-state index in [0.29, 0.717) is 0 Å². The zero-order valence-corrected chi connectivity index (χ0v) is 13.5. The summed E-state index contributed by atoms with van der Waals surface area (Å²) in [5.41, 5.74) is 4.90. The lowest BCUT2D eigenvalue weighted by Crippen LogP contribution is -2.25. The number of ether oxygens (including phenoxy) is 1. The van der Waals surface area contributed by atoms with Crippen LogP contribution in [0.5, 0.6) is 5.75 Å². The molecule has 0 saturated heterocycles. The second-order valence-electron chi connectivity index (χ2n) is 5.57. The molecule has 0 spiro atoms. The van der Waals surface area contributed by atoms with Gasteiger partial charge in [0.1, 0.15) is 12.8 Å². The van der Waals surface area contributed by atoms with Crippen LogP contribution < -0.4 is 9.30 Å². The predicted octanol–water partition coefficient (Wildman–Crippen LogP) is 3.49. The van der Waals surface area contributed by atoms with Crippen molar-refractivity contribution in [2.24, 2.45) is 14.1 Å². The highest BCUT2D eigenvalue weighted by Gasteiger charge is 2.10. The Labute approximate surface area is 131 Å². The van der Waals surface area contributed by atoms with E-state index in [0.717, 1.165) is 5.75 Å². The van der Waals surface area contributed by atoms with Crippen LogP contribution in [0, 0.1) is 6.92 Å². The number of fused-ring (bicyclic) bond motifs is 1. The van der Waals surface area contributed by atoms with Crippen molar-refractivity contribution in [2.45, 2.75) is 6.92 Å². The topological polar surface area (TPSA) is 18.0 Å². The van der Waals surface area contributed by atoms with Crippen LogP contribution in [0.4, 0.5) is 0 Å².